The first kappa shape index (κ1) is 8.54. The standard InChI is InChI=1S/C9H12ClNS/c1-9(3-7(9)4-11)6-2-8(10)12-5-6/h2,5,7H,3-4,11H2,1H3. The average molecular weight is 202 g/mol. The van der Waals surface area contributed by atoms with Crippen LogP contribution in [-0.2, 0) is 5.41 Å². The summed E-state index contributed by atoms with van der Waals surface area (Å²) in [5.41, 5.74) is 7.32. The Bertz CT molecular complexity index is 296. The van der Waals surface area contributed by atoms with Crippen LogP contribution in [0.2, 0.25) is 4.34 Å². The van der Waals surface area contributed by atoms with Crippen LogP contribution in [0.5, 0.6) is 0 Å². The number of rotatable bonds is 2. The molecule has 12 heavy (non-hydrogen) atoms. The van der Waals surface area contributed by atoms with Gasteiger partial charge in [-0.1, -0.05) is 18.5 Å². The molecule has 0 spiro atoms. The average Bonchev–Trinajstić information content (AvgIpc) is 2.50. The summed E-state index contributed by atoms with van der Waals surface area (Å²) in [4.78, 5) is 0. The first-order valence-corrected chi connectivity index (χ1v) is 5.37. The van der Waals surface area contributed by atoms with E-state index in [0.29, 0.717) is 11.3 Å². The number of hydrogen-bond donors (Lipinski definition) is 1. The van der Waals surface area contributed by atoms with Crippen LogP contribution in [0.15, 0.2) is 11.4 Å². The lowest BCUT2D eigenvalue weighted by molar-refractivity contribution is 0.668. The summed E-state index contributed by atoms with van der Waals surface area (Å²) in [5.74, 6) is 0.670. The third-order valence-corrected chi connectivity index (χ3v) is 4.01. The summed E-state index contributed by atoms with van der Waals surface area (Å²) in [6, 6.07) is 2.07. The maximum Gasteiger partial charge on any atom is 0.0931 e. The summed E-state index contributed by atoms with van der Waals surface area (Å²) in [6.07, 6.45) is 1.22. The molecule has 1 fully saturated rings. The van der Waals surface area contributed by atoms with E-state index in [1.807, 2.05) is 0 Å². The van der Waals surface area contributed by atoms with Crippen molar-refractivity contribution in [3.63, 3.8) is 0 Å². The van der Waals surface area contributed by atoms with E-state index >= 15 is 0 Å². The summed E-state index contributed by atoms with van der Waals surface area (Å²) < 4.78 is 0.883. The van der Waals surface area contributed by atoms with Gasteiger partial charge in [-0.2, -0.15) is 0 Å². The van der Waals surface area contributed by atoms with Gasteiger partial charge >= 0.3 is 0 Å². The molecule has 0 bridgehead atoms. The lowest BCUT2D eigenvalue weighted by Gasteiger charge is -2.06. The molecule has 2 rings (SSSR count). The number of hydrogen-bond acceptors (Lipinski definition) is 2. The van der Waals surface area contributed by atoms with Crippen molar-refractivity contribution in [3.05, 3.63) is 21.3 Å². The second kappa shape index (κ2) is 2.72. The highest BCUT2D eigenvalue weighted by molar-refractivity contribution is 7.14. The highest BCUT2D eigenvalue weighted by atomic mass is 35.5. The molecule has 1 aliphatic carbocycles. The molecule has 0 amide bonds. The monoisotopic (exact) mass is 201 g/mol. The van der Waals surface area contributed by atoms with Gasteiger partial charge in [0.05, 0.1) is 4.34 Å². The summed E-state index contributed by atoms with van der Waals surface area (Å²) in [7, 11) is 0. The third-order valence-electron chi connectivity index (χ3n) is 2.92. The predicted molar refractivity (Wildman–Crippen MR) is 53.8 cm³/mol. The van der Waals surface area contributed by atoms with Crippen LogP contribution in [0.25, 0.3) is 0 Å². The van der Waals surface area contributed by atoms with Crippen LogP contribution >= 0.6 is 22.9 Å². The van der Waals surface area contributed by atoms with E-state index in [9.17, 15) is 0 Å². The Morgan fingerprint density at radius 2 is 2.58 bits per heavy atom. The van der Waals surface area contributed by atoms with Crippen molar-refractivity contribution in [2.75, 3.05) is 6.54 Å². The molecule has 1 aliphatic rings. The third kappa shape index (κ3) is 1.18. The number of nitrogens with two attached hydrogens (primary N) is 1. The van der Waals surface area contributed by atoms with Crippen molar-refractivity contribution in [3.8, 4) is 0 Å². The lowest BCUT2D eigenvalue weighted by atomic mass is 9.99. The molecule has 0 radical (unpaired) electrons. The second-order valence-corrected chi connectivity index (χ2v) is 5.24. The molecule has 2 atom stereocenters. The van der Waals surface area contributed by atoms with E-state index in [1.165, 1.54) is 12.0 Å². The smallest absolute Gasteiger partial charge is 0.0931 e. The quantitative estimate of drug-likeness (QED) is 0.783. The fourth-order valence-electron chi connectivity index (χ4n) is 1.76. The Labute approximate surface area is 81.5 Å². The summed E-state index contributed by atoms with van der Waals surface area (Å²) >= 11 is 7.48. The Hall–Kier alpha value is -0.0500. The van der Waals surface area contributed by atoms with Gasteiger partial charge in [-0.15, -0.1) is 11.3 Å². The van der Waals surface area contributed by atoms with E-state index in [0.717, 1.165) is 10.9 Å². The van der Waals surface area contributed by atoms with Crippen LogP contribution in [0, 0.1) is 5.92 Å². The van der Waals surface area contributed by atoms with Crippen molar-refractivity contribution < 1.29 is 0 Å². The van der Waals surface area contributed by atoms with Gasteiger partial charge in [0.1, 0.15) is 0 Å². The fourth-order valence-corrected chi connectivity index (χ4v) is 2.78. The minimum absolute atomic E-state index is 0.332. The van der Waals surface area contributed by atoms with Crippen molar-refractivity contribution in [2.45, 2.75) is 18.8 Å². The molecule has 0 aromatic carbocycles. The van der Waals surface area contributed by atoms with Crippen LogP contribution in [0.3, 0.4) is 0 Å². The molecule has 1 heterocycles. The van der Waals surface area contributed by atoms with Gasteiger partial charge in [-0.25, -0.2) is 0 Å². The van der Waals surface area contributed by atoms with E-state index in [2.05, 4.69) is 18.4 Å². The Balaban J connectivity index is 2.22. The van der Waals surface area contributed by atoms with Gasteiger partial charge in [0.25, 0.3) is 0 Å². The molecule has 1 aromatic heterocycles. The topological polar surface area (TPSA) is 26.0 Å². The first-order chi connectivity index (χ1) is 5.66. The molecule has 2 unspecified atom stereocenters. The van der Waals surface area contributed by atoms with Gasteiger partial charge in [0.15, 0.2) is 0 Å². The molecule has 1 saturated carbocycles. The lowest BCUT2D eigenvalue weighted by Crippen LogP contribution is -2.10. The van der Waals surface area contributed by atoms with Crippen molar-refractivity contribution in [1.82, 2.24) is 0 Å². The maximum absolute atomic E-state index is 5.87. The second-order valence-electron chi connectivity index (χ2n) is 3.69. The molecular weight excluding hydrogens is 190 g/mol. The van der Waals surface area contributed by atoms with Gasteiger partial charge < -0.3 is 5.73 Å². The van der Waals surface area contributed by atoms with Crippen LogP contribution in [-0.4, -0.2) is 6.54 Å². The maximum atomic E-state index is 5.87. The van der Waals surface area contributed by atoms with Crippen molar-refractivity contribution in [1.29, 1.82) is 0 Å². The Kier molecular flexibility index (Phi) is 1.94. The van der Waals surface area contributed by atoms with Crippen molar-refractivity contribution >= 4 is 22.9 Å². The van der Waals surface area contributed by atoms with Gasteiger partial charge in [0.2, 0.25) is 0 Å². The molecule has 66 valence electrons. The molecule has 3 heteroatoms. The van der Waals surface area contributed by atoms with Crippen LogP contribution in [0.4, 0.5) is 0 Å². The zero-order valence-corrected chi connectivity index (χ0v) is 8.58. The normalized spacial score (nSPS) is 33.8. The molecule has 2 N–H and O–H groups in total. The van der Waals surface area contributed by atoms with E-state index in [-0.39, 0.29) is 0 Å². The molecule has 0 aliphatic heterocycles. The number of thiophene rings is 1. The van der Waals surface area contributed by atoms with Gasteiger partial charge in [0, 0.05) is 0 Å². The molecular formula is C9H12ClNS. The van der Waals surface area contributed by atoms with Crippen LogP contribution in [0.1, 0.15) is 18.9 Å². The predicted octanol–water partition coefficient (Wildman–Crippen LogP) is 2.64. The zero-order valence-electron chi connectivity index (χ0n) is 7.01. The first-order valence-electron chi connectivity index (χ1n) is 4.11. The van der Waals surface area contributed by atoms with Gasteiger partial charge in [-0.3, -0.25) is 0 Å². The van der Waals surface area contributed by atoms with E-state index in [4.69, 9.17) is 17.3 Å². The minimum Gasteiger partial charge on any atom is -0.330 e. The van der Waals surface area contributed by atoms with E-state index in [1.54, 1.807) is 11.3 Å². The SMILES string of the molecule is CC1(c2csc(Cl)c2)CC1CN. The molecule has 1 aromatic rings. The molecule has 1 nitrogen and oxygen atoms in total. The Morgan fingerprint density at radius 1 is 1.83 bits per heavy atom. The van der Waals surface area contributed by atoms with Crippen LogP contribution < -0.4 is 5.73 Å². The summed E-state index contributed by atoms with van der Waals surface area (Å²) in [5, 5.41) is 2.15. The summed E-state index contributed by atoms with van der Waals surface area (Å²) in [6.45, 7) is 3.06. The highest BCUT2D eigenvalue weighted by Gasteiger charge is 2.50. The van der Waals surface area contributed by atoms with E-state index < -0.39 is 0 Å². The Morgan fingerprint density at radius 3 is 3.00 bits per heavy atom. The number of halogens is 1. The van der Waals surface area contributed by atoms with Gasteiger partial charge in [-0.05, 0) is 41.3 Å². The zero-order chi connectivity index (χ0) is 8.77. The molecule has 0 saturated heterocycles. The largest absolute Gasteiger partial charge is 0.330 e. The van der Waals surface area contributed by atoms with Crippen molar-refractivity contribution in [2.24, 2.45) is 11.7 Å². The fraction of sp³-hybridized carbons (Fsp3) is 0.556. The minimum atomic E-state index is 0.332. The highest BCUT2D eigenvalue weighted by Crippen LogP contribution is 2.54.